The van der Waals surface area contributed by atoms with Crippen molar-refractivity contribution in [2.75, 3.05) is 11.1 Å². The molecule has 0 aliphatic rings. The van der Waals surface area contributed by atoms with Crippen LogP contribution in [0.25, 0.3) is 10.9 Å². The van der Waals surface area contributed by atoms with Crippen LogP contribution in [0, 0.1) is 11.3 Å². The molecule has 0 spiro atoms. The molecule has 2 heterocycles. The molecule has 4 rings (SSSR count). The highest BCUT2D eigenvalue weighted by Gasteiger charge is 2.20. The third kappa shape index (κ3) is 4.31. The van der Waals surface area contributed by atoms with Gasteiger partial charge in [0.05, 0.1) is 27.3 Å². The number of anilines is 2. The van der Waals surface area contributed by atoms with Crippen LogP contribution in [0.1, 0.15) is 33.9 Å². The van der Waals surface area contributed by atoms with Crippen molar-refractivity contribution in [2.24, 2.45) is 0 Å². The number of fused-ring (bicyclic) bond motifs is 1. The first-order chi connectivity index (χ1) is 15.5. The van der Waals surface area contributed by atoms with Gasteiger partial charge in [0.2, 0.25) is 0 Å². The standard InChI is InChI=1S/C23H18N6O2S/c1-13(20-27-18-10-6-5-9-16(18)21(30)29-20)32-23-14(12-24)11-17(19(25)28-23)22(31)26-15-7-3-2-4-8-15/h2-11,13H,1H3,(H2,25,28)(H,26,31)(H,27,29,30). The Bertz CT molecular complexity index is 1410. The van der Waals surface area contributed by atoms with Crippen molar-refractivity contribution in [1.82, 2.24) is 15.0 Å². The van der Waals surface area contributed by atoms with Crippen LogP contribution in [0.3, 0.4) is 0 Å². The second kappa shape index (κ2) is 8.91. The first-order valence-electron chi connectivity index (χ1n) is 9.69. The largest absolute Gasteiger partial charge is 0.383 e. The number of para-hydroxylation sites is 2. The molecule has 4 aromatic rings. The molecule has 32 heavy (non-hydrogen) atoms. The summed E-state index contributed by atoms with van der Waals surface area (Å²) in [5.41, 5.74) is 7.31. The van der Waals surface area contributed by atoms with Gasteiger partial charge in [0.25, 0.3) is 11.5 Å². The Kier molecular flexibility index (Phi) is 5.87. The van der Waals surface area contributed by atoms with Gasteiger partial charge in [0.15, 0.2) is 0 Å². The number of carbonyl (C=O) groups is 1. The van der Waals surface area contributed by atoms with Gasteiger partial charge in [0.1, 0.15) is 22.7 Å². The summed E-state index contributed by atoms with van der Waals surface area (Å²) in [4.78, 5) is 36.6. The van der Waals surface area contributed by atoms with Crippen LogP contribution in [-0.2, 0) is 0 Å². The molecule has 1 atom stereocenters. The number of hydrogen-bond acceptors (Lipinski definition) is 7. The molecule has 158 valence electrons. The summed E-state index contributed by atoms with van der Waals surface area (Å²) in [6.45, 7) is 1.84. The third-order valence-electron chi connectivity index (χ3n) is 4.72. The number of rotatable bonds is 5. The van der Waals surface area contributed by atoms with Crippen LogP contribution in [0.4, 0.5) is 11.5 Å². The summed E-state index contributed by atoms with van der Waals surface area (Å²) < 4.78 is 0. The van der Waals surface area contributed by atoms with Gasteiger partial charge < -0.3 is 16.0 Å². The zero-order valence-electron chi connectivity index (χ0n) is 17.0. The van der Waals surface area contributed by atoms with Crippen molar-refractivity contribution in [3.8, 4) is 6.07 Å². The van der Waals surface area contributed by atoms with E-state index in [9.17, 15) is 14.9 Å². The zero-order valence-corrected chi connectivity index (χ0v) is 17.8. The molecule has 0 saturated carbocycles. The van der Waals surface area contributed by atoms with Crippen molar-refractivity contribution in [2.45, 2.75) is 17.2 Å². The normalized spacial score (nSPS) is 11.6. The van der Waals surface area contributed by atoms with E-state index in [0.717, 1.165) is 0 Å². The lowest BCUT2D eigenvalue weighted by Gasteiger charge is -2.14. The maximum atomic E-state index is 12.6. The van der Waals surface area contributed by atoms with Crippen LogP contribution in [0.15, 0.2) is 70.5 Å². The number of amides is 1. The topological polar surface area (TPSA) is 138 Å². The Hall–Kier alpha value is -4.16. The van der Waals surface area contributed by atoms with Crippen LogP contribution >= 0.6 is 11.8 Å². The van der Waals surface area contributed by atoms with E-state index in [2.05, 4.69) is 26.3 Å². The fraction of sp³-hybridized carbons (Fsp3) is 0.0870. The predicted octanol–water partition coefficient (Wildman–Crippen LogP) is 3.88. The number of aromatic amines is 1. The Morgan fingerprint density at radius 2 is 1.88 bits per heavy atom. The van der Waals surface area contributed by atoms with Crippen molar-refractivity contribution in [3.63, 3.8) is 0 Å². The Balaban J connectivity index is 1.62. The number of nitrogen functional groups attached to an aromatic ring is 1. The van der Waals surface area contributed by atoms with Gasteiger partial charge >= 0.3 is 0 Å². The molecule has 0 aliphatic heterocycles. The molecule has 1 unspecified atom stereocenters. The third-order valence-corrected chi connectivity index (χ3v) is 5.83. The minimum absolute atomic E-state index is 0.00657. The number of thioether (sulfide) groups is 1. The van der Waals surface area contributed by atoms with Crippen LogP contribution < -0.4 is 16.6 Å². The highest BCUT2D eigenvalue weighted by molar-refractivity contribution is 7.99. The molecule has 4 N–H and O–H groups in total. The van der Waals surface area contributed by atoms with Gasteiger partial charge in [-0.15, -0.1) is 0 Å². The smallest absolute Gasteiger partial charge is 0.259 e. The monoisotopic (exact) mass is 442 g/mol. The SMILES string of the molecule is CC(Sc1nc(N)c(C(=O)Nc2ccccc2)cc1C#N)c1nc2ccccc2c(=O)[nH]1. The molecule has 2 aromatic heterocycles. The molecule has 0 fully saturated rings. The number of hydrogen-bond donors (Lipinski definition) is 3. The Morgan fingerprint density at radius 3 is 2.62 bits per heavy atom. The molecule has 0 bridgehead atoms. The number of carbonyl (C=O) groups excluding carboxylic acids is 1. The number of nitrogens with one attached hydrogen (secondary N) is 2. The van der Waals surface area contributed by atoms with E-state index in [0.29, 0.717) is 27.4 Å². The lowest BCUT2D eigenvalue weighted by Crippen LogP contribution is -2.16. The van der Waals surface area contributed by atoms with E-state index in [1.165, 1.54) is 17.8 Å². The molecule has 9 heteroatoms. The number of H-pyrrole nitrogens is 1. The average molecular weight is 443 g/mol. The highest BCUT2D eigenvalue weighted by atomic mass is 32.2. The van der Waals surface area contributed by atoms with E-state index >= 15 is 0 Å². The molecular formula is C23H18N6O2S. The summed E-state index contributed by atoms with van der Waals surface area (Å²) in [6, 6.07) is 19.5. The Morgan fingerprint density at radius 1 is 1.16 bits per heavy atom. The maximum Gasteiger partial charge on any atom is 0.259 e. The van der Waals surface area contributed by atoms with Crippen molar-refractivity contribution in [3.05, 3.63) is 88.0 Å². The number of benzene rings is 2. The number of nitrogens with zero attached hydrogens (tertiary/aromatic N) is 3. The van der Waals surface area contributed by atoms with E-state index < -0.39 is 5.91 Å². The van der Waals surface area contributed by atoms with Crippen molar-refractivity contribution in [1.29, 1.82) is 5.26 Å². The lowest BCUT2D eigenvalue weighted by atomic mass is 10.2. The summed E-state index contributed by atoms with van der Waals surface area (Å²) in [7, 11) is 0. The zero-order chi connectivity index (χ0) is 22.7. The van der Waals surface area contributed by atoms with Gasteiger partial charge in [0, 0.05) is 5.69 Å². The Labute approximate surface area is 187 Å². The number of aromatic nitrogens is 3. The number of nitrogens with two attached hydrogens (primary N) is 1. The molecule has 2 aromatic carbocycles. The van der Waals surface area contributed by atoms with Gasteiger partial charge in [-0.3, -0.25) is 9.59 Å². The first kappa shape index (κ1) is 21.1. The van der Waals surface area contributed by atoms with E-state index in [4.69, 9.17) is 5.73 Å². The molecule has 0 saturated heterocycles. The fourth-order valence-electron chi connectivity index (χ4n) is 3.10. The summed E-state index contributed by atoms with van der Waals surface area (Å²) in [6.07, 6.45) is 0. The predicted molar refractivity (Wildman–Crippen MR) is 124 cm³/mol. The second-order valence-corrected chi connectivity index (χ2v) is 8.26. The quantitative estimate of drug-likeness (QED) is 0.399. The summed E-state index contributed by atoms with van der Waals surface area (Å²) >= 11 is 1.23. The molecular weight excluding hydrogens is 424 g/mol. The molecule has 8 nitrogen and oxygen atoms in total. The van der Waals surface area contributed by atoms with E-state index in [1.54, 1.807) is 42.5 Å². The fourth-order valence-corrected chi connectivity index (χ4v) is 4.04. The molecule has 1 amide bonds. The molecule has 0 radical (unpaired) electrons. The van der Waals surface area contributed by atoms with Crippen LogP contribution in [-0.4, -0.2) is 20.9 Å². The molecule has 0 aliphatic carbocycles. The number of nitriles is 1. The van der Waals surface area contributed by atoms with E-state index in [-0.39, 0.29) is 27.8 Å². The minimum Gasteiger partial charge on any atom is -0.383 e. The van der Waals surface area contributed by atoms with E-state index in [1.807, 2.05) is 19.1 Å². The second-order valence-electron chi connectivity index (χ2n) is 6.93. The van der Waals surface area contributed by atoms with Crippen LogP contribution in [0.2, 0.25) is 0 Å². The first-order valence-corrected chi connectivity index (χ1v) is 10.6. The van der Waals surface area contributed by atoms with Crippen LogP contribution in [0.5, 0.6) is 0 Å². The van der Waals surface area contributed by atoms with Gasteiger partial charge in [-0.05, 0) is 37.3 Å². The van der Waals surface area contributed by atoms with Gasteiger partial charge in [-0.1, -0.05) is 42.1 Å². The van der Waals surface area contributed by atoms with Gasteiger partial charge in [-0.25, -0.2) is 9.97 Å². The maximum absolute atomic E-state index is 12.6. The van der Waals surface area contributed by atoms with Crippen molar-refractivity contribution >= 4 is 40.1 Å². The average Bonchev–Trinajstić information content (AvgIpc) is 2.79. The summed E-state index contributed by atoms with van der Waals surface area (Å²) in [5.74, 6) is 0.00350. The van der Waals surface area contributed by atoms with Gasteiger partial charge in [-0.2, -0.15) is 5.26 Å². The number of pyridine rings is 1. The highest BCUT2D eigenvalue weighted by Crippen LogP contribution is 2.35. The van der Waals surface area contributed by atoms with Crippen molar-refractivity contribution < 1.29 is 4.79 Å². The lowest BCUT2D eigenvalue weighted by molar-refractivity contribution is 0.102. The summed E-state index contributed by atoms with van der Waals surface area (Å²) in [5, 5.41) is 12.9. The minimum atomic E-state index is -0.456.